The molecule has 0 unspecified atom stereocenters. The second-order valence-electron chi connectivity index (χ2n) is 4.99. The minimum Gasteiger partial charge on any atom is -0.466 e. The summed E-state index contributed by atoms with van der Waals surface area (Å²) in [6.07, 6.45) is 0. The summed E-state index contributed by atoms with van der Waals surface area (Å²) in [5.41, 5.74) is 8.59. The first-order valence-corrected chi connectivity index (χ1v) is 6.98. The van der Waals surface area contributed by atoms with E-state index in [0.29, 0.717) is 16.3 Å². The maximum Gasteiger partial charge on any atom is 0.261 e. The number of amides is 1. The molecule has 0 aliphatic carbocycles. The van der Waals surface area contributed by atoms with E-state index in [1.165, 1.54) is 0 Å². The van der Waals surface area contributed by atoms with Crippen LogP contribution in [0.1, 0.15) is 33.0 Å². The van der Waals surface area contributed by atoms with Gasteiger partial charge >= 0.3 is 0 Å². The van der Waals surface area contributed by atoms with E-state index in [4.69, 9.17) is 22.4 Å². The lowest BCUT2D eigenvalue weighted by molar-refractivity contribution is 0.0991. The van der Waals surface area contributed by atoms with Crippen molar-refractivity contribution in [3.05, 3.63) is 52.5 Å². The maximum absolute atomic E-state index is 12.7. The van der Waals surface area contributed by atoms with Gasteiger partial charge < -0.3 is 15.1 Å². The summed E-state index contributed by atoms with van der Waals surface area (Å²) in [5.74, 6) is 1.29. The average Bonchev–Trinajstić information content (AvgIpc) is 2.70. The van der Waals surface area contributed by atoms with Crippen molar-refractivity contribution in [3.8, 4) is 0 Å². The highest BCUT2D eigenvalue weighted by Crippen LogP contribution is 2.24. The number of carbonyl (C=O) groups is 1. The number of hydrogen-bond donors (Lipinski definition) is 1. The Morgan fingerprint density at radius 1 is 1.24 bits per heavy atom. The molecule has 110 valence electrons. The number of thiocarbonyl (C=S) groups is 1. The van der Waals surface area contributed by atoms with Crippen molar-refractivity contribution in [2.75, 3.05) is 11.9 Å². The highest BCUT2D eigenvalue weighted by Gasteiger charge is 2.22. The summed E-state index contributed by atoms with van der Waals surface area (Å²) in [4.78, 5) is 14.6. The molecule has 0 saturated carbocycles. The summed E-state index contributed by atoms with van der Waals surface area (Å²) in [7, 11) is 1.72. The number of rotatable bonds is 3. The first kappa shape index (κ1) is 15.3. The Morgan fingerprint density at radius 2 is 1.90 bits per heavy atom. The van der Waals surface area contributed by atoms with Crippen LogP contribution in [-0.4, -0.2) is 17.9 Å². The molecule has 2 rings (SSSR count). The van der Waals surface area contributed by atoms with Crippen molar-refractivity contribution < 1.29 is 9.21 Å². The smallest absolute Gasteiger partial charge is 0.261 e. The van der Waals surface area contributed by atoms with Crippen LogP contribution in [0, 0.1) is 20.8 Å². The number of anilines is 1. The Bertz CT molecular complexity index is 719. The summed E-state index contributed by atoms with van der Waals surface area (Å²) in [6, 6.07) is 7.30. The Hall–Kier alpha value is -2.14. The molecule has 1 aromatic heterocycles. The van der Waals surface area contributed by atoms with Gasteiger partial charge in [0.15, 0.2) is 0 Å². The van der Waals surface area contributed by atoms with E-state index < -0.39 is 0 Å². The van der Waals surface area contributed by atoms with E-state index in [9.17, 15) is 4.79 Å². The maximum atomic E-state index is 12.7. The third-order valence-corrected chi connectivity index (χ3v) is 3.83. The predicted octanol–water partition coefficient (Wildman–Crippen LogP) is 3.12. The van der Waals surface area contributed by atoms with Crippen LogP contribution in [0.2, 0.25) is 0 Å². The van der Waals surface area contributed by atoms with Crippen molar-refractivity contribution in [3.63, 3.8) is 0 Å². The Labute approximate surface area is 129 Å². The molecule has 21 heavy (non-hydrogen) atoms. The van der Waals surface area contributed by atoms with Gasteiger partial charge in [-0.3, -0.25) is 4.79 Å². The van der Waals surface area contributed by atoms with Gasteiger partial charge in [-0.15, -0.1) is 0 Å². The monoisotopic (exact) mass is 302 g/mol. The van der Waals surface area contributed by atoms with Crippen LogP contribution in [-0.2, 0) is 0 Å². The molecule has 0 radical (unpaired) electrons. The molecule has 0 fully saturated rings. The van der Waals surface area contributed by atoms with Crippen LogP contribution in [0.3, 0.4) is 0 Å². The molecule has 1 amide bonds. The topological polar surface area (TPSA) is 59.5 Å². The second kappa shape index (κ2) is 5.69. The Balaban J connectivity index is 2.39. The SMILES string of the molecule is Cc1oc(C)c(C(=O)N(C)c2cccc(C(N)=S)c2)c1C. The first-order valence-electron chi connectivity index (χ1n) is 6.57. The normalized spacial score (nSPS) is 10.5. The van der Waals surface area contributed by atoms with Crippen molar-refractivity contribution in [2.45, 2.75) is 20.8 Å². The van der Waals surface area contributed by atoms with Crippen LogP contribution in [0.15, 0.2) is 28.7 Å². The van der Waals surface area contributed by atoms with E-state index in [2.05, 4.69) is 0 Å². The molecule has 0 aliphatic heterocycles. The molecule has 0 spiro atoms. The van der Waals surface area contributed by atoms with Gasteiger partial charge in [-0.1, -0.05) is 24.4 Å². The zero-order valence-corrected chi connectivity index (χ0v) is 13.4. The van der Waals surface area contributed by atoms with E-state index in [1.807, 2.05) is 32.0 Å². The molecular formula is C16H18N2O2S. The predicted molar refractivity (Wildman–Crippen MR) is 88.0 cm³/mol. The molecule has 0 bridgehead atoms. The molecule has 0 atom stereocenters. The highest BCUT2D eigenvalue weighted by molar-refractivity contribution is 7.80. The Morgan fingerprint density at radius 3 is 2.43 bits per heavy atom. The standard InChI is InChI=1S/C16H18N2O2S/c1-9-10(2)20-11(3)14(9)16(19)18(4)13-7-5-6-12(8-13)15(17)21/h5-8H,1-4H3,(H2,17,21). The second-order valence-corrected chi connectivity index (χ2v) is 5.43. The lowest BCUT2D eigenvalue weighted by Crippen LogP contribution is -2.27. The fourth-order valence-corrected chi connectivity index (χ4v) is 2.39. The van der Waals surface area contributed by atoms with Gasteiger partial charge in [0.2, 0.25) is 0 Å². The minimum atomic E-state index is -0.109. The van der Waals surface area contributed by atoms with E-state index in [0.717, 1.165) is 22.6 Å². The number of carbonyl (C=O) groups excluding carboxylic acids is 1. The quantitative estimate of drug-likeness (QED) is 0.885. The van der Waals surface area contributed by atoms with Crippen LogP contribution < -0.4 is 10.6 Å². The van der Waals surface area contributed by atoms with Gasteiger partial charge in [-0.25, -0.2) is 0 Å². The number of benzene rings is 1. The van der Waals surface area contributed by atoms with Crippen molar-refractivity contribution in [1.29, 1.82) is 0 Å². The van der Waals surface area contributed by atoms with Crippen molar-refractivity contribution in [2.24, 2.45) is 5.73 Å². The third-order valence-electron chi connectivity index (χ3n) is 3.60. The summed E-state index contributed by atoms with van der Waals surface area (Å²) >= 11 is 4.97. The van der Waals surface area contributed by atoms with Gasteiger partial charge in [0.25, 0.3) is 5.91 Å². The largest absolute Gasteiger partial charge is 0.466 e. The van der Waals surface area contributed by atoms with Crippen molar-refractivity contribution >= 4 is 28.8 Å². The lowest BCUT2D eigenvalue weighted by atomic mass is 10.1. The van der Waals surface area contributed by atoms with Crippen LogP contribution in [0.25, 0.3) is 0 Å². The third kappa shape index (κ3) is 2.83. The summed E-state index contributed by atoms with van der Waals surface area (Å²) in [6.45, 7) is 5.54. The zero-order valence-electron chi connectivity index (χ0n) is 12.6. The zero-order chi connectivity index (χ0) is 15.7. The van der Waals surface area contributed by atoms with Crippen LogP contribution >= 0.6 is 12.2 Å². The fourth-order valence-electron chi connectivity index (χ4n) is 2.26. The minimum absolute atomic E-state index is 0.109. The van der Waals surface area contributed by atoms with E-state index in [1.54, 1.807) is 24.9 Å². The summed E-state index contributed by atoms with van der Waals surface area (Å²) in [5, 5.41) is 0. The van der Waals surface area contributed by atoms with Crippen LogP contribution in [0.4, 0.5) is 5.69 Å². The molecule has 4 nitrogen and oxygen atoms in total. The van der Waals surface area contributed by atoms with E-state index in [-0.39, 0.29) is 5.91 Å². The molecule has 5 heteroatoms. The number of furan rings is 1. The molecule has 2 N–H and O–H groups in total. The van der Waals surface area contributed by atoms with Gasteiger partial charge in [0.05, 0.1) is 5.56 Å². The molecule has 2 aromatic rings. The molecule has 1 heterocycles. The van der Waals surface area contributed by atoms with Gasteiger partial charge in [0, 0.05) is 23.9 Å². The molecular weight excluding hydrogens is 284 g/mol. The van der Waals surface area contributed by atoms with Gasteiger partial charge in [0.1, 0.15) is 16.5 Å². The number of aryl methyl sites for hydroxylation is 2. The highest BCUT2D eigenvalue weighted by atomic mass is 32.1. The number of hydrogen-bond acceptors (Lipinski definition) is 3. The molecule has 0 saturated heterocycles. The lowest BCUT2D eigenvalue weighted by Gasteiger charge is -2.18. The van der Waals surface area contributed by atoms with E-state index >= 15 is 0 Å². The number of nitrogens with zero attached hydrogens (tertiary/aromatic N) is 1. The molecule has 0 aliphatic rings. The fraction of sp³-hybridized carbons (Fsp3) is 0.250. The van der Waals surface area contributed by atoms with Crippen molar-refractivity contribution in [1.82, 2.24) is 0 Å². The first-order chi connectivity index (χ1) is 9.82. The van der Waals surface area contributed by atoms with Gasteiger partial charge in [-0.05, 0) is 32.9 Å². The number of nitrogens with two attached hydrogens (primary N) is 1. The van der Waals surface area contributed by atoms with Crippen LogP contribution in [0.5, 0.6) is 0 Å². The Kier molecular flexibility index (Phi) is 4.14. The van der Waals surface area contributed by atoms with Gasteiger partial charge in [-0.2, -0.15) is 0 Å². The summed E-state index contributed by atoms with van der Waals surface area (Å²) < 4.78 is 5.53. The average molecular weight is 302 g/mol. The molecule has 1 aromatic carbocycles.